The first kappa shape index (κ1) is 21.4. The second-order valence-corrected chi connectivity index (χ2v) is 10.9. The van der Waals surface area contributed by atoms with Crippen LogP contribution < -0.4 is 10.1 Å². The van der Waals surface area contributed by atoms with Crippen molar-refractivity contribution in [2.24, 2.45) is 0 Å². The molecule has 0 aliphatic carbocycles. The van der Waals surface area contributed by atoms with Crippen LogP contribution in [0.1, 0.15) is 31.2 Å². The van der Waals surface area contributed by atoms with E-state index in [4.69, 9.17) is 4.74 Å². The lowest BCUT2D eigenvalue weighted by Gasteiger charge is -2.19. The van der Waals surface area contributed by atoms with Crippen molar-refractivity contribution in [3.8, 4) is 5.75 Å². The quantitative estimate of drug-likeness (QED) is 0.761. The van der Waals surface area contributed by atoms with Crippen LogP contribution in [-0.4, -0.2) is 39.3 Å². The number of carbonyl (C=O) groups excluding carboxylic acids is 1. The predicted molar refractivity (Wildman–Crippen MR) is 108 cm³/mol. The minimum atomic E-state index is -3.44. The number of nitrogens with one attached hydrogen (secondary N) is 1. The molecule has 6 nitrogen and oxygen atoms in total. The summed E-state index contributed by atoms with van der Waals surface area (Å²) in [4.78, 5) is 12.7. The van der Waals surface area contributed by atoms with Gasteiger partial charge in [-0.3, -0.25) is 4.79 Å². The van der Waals surface area contributed by atoms with Gasteiger partial charge in [-0.05, 0) is 35.2 Å². The van der Waals surface area contributed by atoms with Gasteiger partial charge >= 0.3 is 0 Å². The maximum absolute atomic E-state index is 12.1. The molecule has 1 aromatic heterocycles. The number of carbonyl (C=O) groups is 1. The lowest BCUT2D eigenvalue weighted by Crippen LogP contribution is -2.28. The molecule has 0 aliphatic rings. The van der Waals surface area contributed by atoms with E-state index in [1.165, 1.54) is 24.0 Å². The van der Waals surface area contributed by atoms with Crippen molar-refractivity contribution in [1.29, 1.82) is 0 Å². The summed E-state index contributed by atoms with van der Waals surface area (Å²) in [6.07, 6.45) is 0. The Kier molecular flexibility index (Phi) is 6.67. The number of nitrogens with zero attached hydrogens (tertiary/aromatic N) is 1. The number of sulfonamides is 1. The Hall–Kier alpha value is -1.90. The smallest absolute Gasteiger partial charge is 0.258 e. The molecular weight excluding hydrogens is 384 g/mol. The van der Waals surface area contributed by atoms with Crippen molar-refractivity contribution >= 4 is 27.3 Å². The number of ether oxygens (including phenoxy) is 1. The SMILES string of the molecule is CN(C)S(=O)(=O)c1ccc(CNC(=O)COc2ccc(C(C)(C)C)cc2)s1. The van der Waals surface area contributed by atoms with E-state index in [0.29, 0.717) is 5.75 Å². The predicted octanol–water partition coefficient (Wildman–Crippen LogP) is 2.99. The molecule has 0 saturated carbocycles. The summed E-state index contributed by atoms with van der Waals surface area (Å²) < 4.78 is 31.0. The van der Waals surface area contributed by atoms with Crippen molar-refractivity contribution in [3.05, 3.63) is 46.8 Å². The first-order chi connectivity index (χ1) is 12.5. The van der Waals surface area contributed by atoms with E-state index < -0.39 is 10.0 Å². The topological polar surface area (TPSA) is 75.7 Å². The molecule has 0 unspecified atom stereocenters. The van der Waals surface area contributed by atoms with Gasteiger partial charge in [-0.25, -0.2) is 12.7 Å². The number of hydrogen-bond donors (Lipinski definition) is 1. The highest BCUT2D eigenvalue weighted by atomic mass is 32.2. The van der Waals surface area contributed by atoms with E-state index in [1.807, 2.05) is 24.3 Å². The van der Waals surface area contributed by atoms with Gasteiger partial charge < -0.3 is 10.1 Å². The largest absolute Gasteiger partial charge is 0.484 e. The van der Waals surface area contributed by atoms with Crippen LogP contribution in [0, 0.1) is 0 Å². The van der Waals surface area contributed by atoms with Crippen LogP contribution in [0.5, 0.6) is 5.75 Å². The summed E-state index contributed by atoms with van der Waals surface area (Å²) >= 11 is 1.14. The van der Waals surface area contributed by atoms with Gasteiger partial charge in [-0.1, -0.05) is 32.9 Å². The average molecular weight is 411 g/mol. The summed E-state index contributed by atoms with van der Waals surface area (Å²) in [5.74, 6) is 0.369. The molecule has 0 aliphatic heterocycles. The second kappa shape index (κ2) is 8.41. The lowest BCUT2D eigenvalue weighted by atomic mass is 9.87. The summed E-state index contributed by atoms with van der Waals surface area (Å²) in [5, 5.41) is 2.74. The zero-order valence-electron chi connectivity index (χ0n) is 16.3. The third-order valence-corrected chi connectivity index (χ3v) is 7.29. The minimum Gasteiger partial charge on any atom is -0.484 e. The molecule has 1 N–H and O–H groups in total. The Balaban J connectivity index is 1.84. The van der Waals surface area contributed by atoms with Gasteiger partial charge in [-0.15, -0.1) is 11.3 Å². The van der Waals surface area contributed by atoms with Gasteiger partial charge in [0.15, 0.2) is 6.61 Å². The zero-order valence-corrected chi connectivity index (χ0v) is 17.9. The van der Waals surface area contributed by atoms with Gasteiger partial charge in [0.05, 0.1) is 6.54 Å². The fourth-order valence-electron chi connectivity index (χ4n) is 2.21. The Morgan fingerprint density at radius 2 is 1.74 bits per heavy atom. The highest BCUT2D eigenvalue weighted by molar-refractivity contribution is 7.91. The molecule has 0 spiro atoms. The number of hydrogen-bond acceptors (Lipinski definition) is 5. The highest BCUT2D eigenvalue weighted by Crippen LogP contribution is 2.25. The molecule has 1 heterocycles. The van der Waals surface area contributed by atoms with E-state index in [2.05, 4.69) is 26.1 Å². The Morgan fingerprint density at radius 1 is 1.11 bits per heavy atom. The van der Waals surface area contributed by atoms with Gasteiger partial charge in [0.2, 0.25) is 0 Å². The van der Waals surface area contributed by atoms with Crippen LogP contribution in [0.15, 0.2) is 40.6 Å². The van der Waals surface area contributed by atoms with Crippen molar-refractivity contribution in [3.63, 3.8) is 0 Å². The fourth-order valence-corrected chi connectivity index (χ4v) is 4.67. The summed E-state index contributed by atoms with van der Waals surface area (Å²) in [6, 6.07) is 10.9. The monoisotopic (exact) mass is 410 g/mol. The fraction of sp³-hybridized carbons (Fsp3) is 0.421. The van der Waals surface area contributed by atoms with E-state index in [-0.39, 0.29) is 28.7 Å². The van der Waals surface area contributed by atoms with Crippen LogP contribution in [0.3, 0.4) is 0 Å². The highest BCUT2D eigenvalue weighted by Gasteiger charge is 2.19. The molecule has 0 bridgehead atoms. The van der Waals surface area contributed by atoms with Crippen LogP contribution >= 0.6 is 11.3 Å². The summed E-state index contributed by atoms with van der Waals surface area (Å²) in [5.41, 5.74) is 1.26. The standard InChI is InChI=1S/C19H26N2O4S2/c1-19(2,3)14-6-8-15(9-7-14)25-13-17(22)20-12-16-10-11-18(26-16)27(23,24)21(4)5/h6-11H,12-13H2,1-5H3,(H,20,22). The minimum absolute atomic E-state index is 0.0650. The van der Waals surface area contributed by atoms with Gasteiger partial charge in [0.25, 0.3) is 15.9 Å². The van der Waals surface area contributed by atoms with Crippen molar-refractivity contribution in [1.82, 2.24) is 9.62 Å². The molecule has 1 amide bonds. The molecule has 8 heteroatoms. The number of rotatable bonds is 7. The first-order valence-corrected chi connectivity index (χ1v) is 10.8. The van der Waals surface area contributed by atoms with Gasteiger partial charge in [-0.2, -0.15) is 0 Å². The van der Waals surface area contributed by atoms with Crippen molar-refractivity contribution < 1.29 is 17.9 Å². The Morgan fingerprint density at radius 3 is 2.30 bits per heavy atom. The van der Waals surface area contributed by atoms with Crippen LogP contribution in [0.2, 0.25) is 0 Å². The molecule has 0 atom stereocenters. The van der Waals surface area contributed by atoms with Crippen LogP contribution in [0.25, 0.3) is 0 Å². The molecular formula is C19H26N2O4S2. The molecule has 1 aromatic carbocycles. The van der Waals surface area contributed by atoms with Crippen LogP contribution in [0.4, 0.5) is 0 Å². The summed E-state index contributed by atoms with van der Waals surface area (Å²) in [6.45, 7) is 6.57. The molecule has 0 fully saturated rings. The number of amides is 1. The third-order valence-electron chi connectivity index (χ3n) is 3.92. The maximum Gasteiger partial charge on any atom is 0.258 e. The number of thiophene rings is 1. The molecule has 2 rings (SSSR count). The van der Waals surface area contributed by atoms with Gasteiger partial charge in [0.1, 0.15) is 9.96 Å². The Labute approximate surface area is 165 Å². The third kappa shape index (κ3) is 5.79. The summed E-state index contributed by atoms with van der Waals surface area (Å²) in [7, 11) is -0.465. The van der Waals surface area contributed by atoms with Crippen molar-refractivity contribution in [2.45, 2.75) is 36.9 Å². The Bertz CT molecular complexity index is 879. The average Bonchev–Trinajstić information content (AvgIpc) is 3.07. The molecule has 2 aromatic rings. The second-order valence-electron chi connectivity index (χ2n) is 7.35. The van der Waals surface area contributed by atoms with E-state index in [0.717, 1.165) is 16.2 Å². The van der Waals surface area contributed by atoms with E-state index in [1.54, 1.807) is 12.1 Å². The van der Waals surface area contributed by atoms with E-state index >= 15 is 0 Å². The molecule has 0 saturated heterocycles. The van der Waals surface area contributed by atoms with Crippen molar-refractivity contribution in [2.75, 3.05) is 20.7 Å². The zero-order chi connectivity index (χ0) is 20.2. The first-order valence-electron chi connectivity index (χ1n) is 8.51. The number of benzene rings is 1. The molecule has 148 valence electrons. The van der Waals surface area contributed by atoms with Crippen LogP contribution in [-0.2, 0) is 26.8 Å². The lowest BCUT2D eigenvalue weighted by molar-refractivity contribution is -0.123. The molecule has 0 radical (unpaired) electrons. The van der Waals surface area contributed by atoms with E-state index in [9.17, 15) is 13.2 Å². The maximum atomic E-state index is 12.1. The molecule has 27 heavy (non-hydrogen) atoms. The normalized spacial score (nSPS) is 12.2. The van der Waals surface area contributed by atoms with Gasteiger partial charge in [0, 0.05) is 19.0 Å².